The van der Waals surface area contributed by atoms with Crippen LogP contribution in [0.25, 0.3) is 0 Å². The first-order valence-electron chi connectivity index (χ1n) is 10.8. The Morgan fingerprint density at radius 1 is 1.03 bits per heavy atom. The Morgan fingerprint density at radius 2 is 1.75 bits per heavy atom. The molecular weight excluding hydrogens is 466 g/mol. The molecule has 0 fully saturated rings. The first-order chi connectivity index (χ1) is 15.2. The molecule has 1 N–H and O–H groups in total. The molecule has 1 atom stereocenters. The van der Waals surface area contributed by atoms with E-state index in [2.05, 4.69) is 28.9 Å². The van der Waals surface area contributed by atoms with E-state index in [1.54, 1.807) is 23.1 Å². The first kappa shape index (κ1) is 22.4. The Labute approximate surface area is 197 Å². The lowest BCUT2D eigenvalue weighted by atomic mass is 9.88. The van der Waals surface area contributed by atoms with E-state index < -0.39 is 11.5 Å². The maximum absolute atomic E-state index is 13.6. The van der Waals surface area contributed by atoms with Crippen molar-refractivity contribution in [3.8, 4) is 0 Å². The van der Waals surface area contributed by atoms with Gasteiger partial charge in [0.2, 0.25) is 0 Å². The number of carbonyl (C=O) groups excluding carboxylic acids is 2. The van der Waals surface area contributed by atoms with Crippen molar-refractivity contribution in [1.82, 2.24) is 0 Å². The molecule has 5 heteroatoms. The molecule has 1 aliphatic rings. The van der Waals surface area contributed by atoms with Gasteiger partial charge < -0.3 is 10.0 Å². The summed E-state index contributed by atoms with van der Waals surface area (Å²) in [4.78, 5) is 28.2. The van der Waals surface area contributed by atoms with Gasteiger partial charge in [-0.2, -0.15) is 0 Å². The molecule has 1 amide bonds. The van der Waals surface area contributed by atoms with Crippen molar-refractivity contribution in [3.05, 3.63) is 98.5 Å². The van der Waals surface area contributed by atoms with Crippen molar-refractivity contribution in [2.24, 2.45) is 0 Å². The van der Waals surface area contributed by atoms with Gasteiger partial charge in [-0.05, 0) is 55.2 Å². The largest absolute Gasteiger partial charge is 0.375 e. The van der Waals surface area contributed by atoms with E-state index >= 15 is 0 Å². The van der Waals surface area contributed by atoms with E-state index in [4.69, 9.17) is 0 Å². The molecule has 0 unspecified atom stereocenters. The van der Waals surface area contributed by atoms with Gasteiger partial charge in [0, 0.05) is 15.6 Å². The molecule has 4 nitrogen and oxygen atoms in total. The minimum atomic E-state index is -1.91. The quantitative estimate of drug-likeness (QED) is 0.454. The number of benzene rings is 3. The summed E-state index contributed by atoms with van der Waals surface area (Å²) in [6.45, 7) is 6.41. The number of ketones is 1. The highest BCUT2D eigenvalue weighted by Gasteiger charge is 2.51. The van der Waals surface area contributed by atoms with E-state index in [0.29, 0.717) is 23.4 Å². The molecule has 1 heterocycles. The molecule has 0 saturated carbocycles. The van der Waals surface area contributed by atoms with Crippen LogP contribution < -0.4 is 4.90 Å². The molecule has 0 bridgehead atoms. The van der Waals surface area contributed by atoms with Gasteiger partial charge in [0.15, 0.2) is 11.4 Å². The van der Waals surface area contributed by atoms with Crippen molar-refractivity contribution < 1.29 is 14.7 Å². The van der Waals surface area contributed by atoms with Gasteiger partial charge in [0.1, 0.15) is 0 Å². The zero-order valence-electron chi connectivity index (χ0n) is 18.5. The number of halogens is 1. The fourth-order valence-electron chi connectivity index (χ4n) is 4.25. The molecule has 0 spiro atoms. The minimum Gasteiger partial charge on any atom is -0.375 e. The predicted octanol–water partition coefficient (Wildman–Crippen LogP) is 5.64. The number of nitrogens with zero attached hydrogens (tertiary/aromatic N) is 1. The van der Waals surface area contributed by atoms with Crippen LogP contribution >= 0.6 is 15.9 Å². The summed E-state index contributed by atoms with van der Waals surface area (Å²) in [5.41, 5.74) is 4.00. The lowest BCUT2D eigenvalue weighted by Gasteiger charge is -2.23. The summed E-state index contributed by atoms with van der Waals surface area (Å²) in [6.07, 6.45) is 0.579. The van der Waals surface area contributed by atoms with E-state index in [1.807, 2.05) is 50.2 Å². The Morgan fingerprint density at radius 3 is 2.44 bits per heavy atom. The molecular formula is C27H26BrNO3. The average molecular weight is 492 g/mol. The summed E-state index contributed by atoms with van der Waals surface area (Å²) in [5, 5.41) is 11.6. The SMILES string of the molecule is CCc1ccc(C(=O)C[C@]2(O)C(=O)N(Cc3cc(C)ccc3C)c3ccc(Br)cc32)cc1. The van der Waals surface area contributed by atoms with Crippen molar-refractivity contribution in [3.63, 3.8) is 0 Å². The lowest BCUT2D eigenvalue weighted by Crippen LogP contribution is -2.41. The summed E-state index contributed by atoms with van der Waals surface area (Å²) in [7, 11) is 0. The molecule has 4 rings (SSSR count). The van der Waals surface area contributed by atoms with Gasteiger partial charge in [-0.15, -0.1) is 0 Å². The van der Waals surface area contributed by atoms with Crippen LogP contribution in [0.5, 0.6) is 0 Å². The van der Waals surface area contributed by atoms with Crippen LogP contribution in [0.3, 0.4) is 0 Å². The van der Waals surface area contributed by atoms with Crippen LogP contribution in [0.1, 0.15) is 51.5 Å². The summed E-state index contributed by atoms with van der Waals surface area (Å²) >= 11 is 3.45. The van der Waals surface area contributed by atoms with E-state index in [-0.39, 0.29) is 12.2 Å². The number of fused-ring (bicyclic) bond motifs is 1. The third-order valence-electron chi connectivity index (χ3n) is 6.23. The number of anilines is 1. The minimum absolute atomic E-state index is 0.261. The second kappa shape index (κ2) is 8.64. The third-order valence-corrected chi connectivity index (χ3v) is 6.72. The monoisotopic (exact) mass is 491 g/mol. The molecule has 0 aromatic heterocycles. The predicted molar refractivity (Wildman–Crippen MR) is 130 cm³/mol. The van der Waals surface area contributed by atoms with E-state index in [0.717, 1.165) is 33.1 Å². The van der Waals surface area contributed by atoms with Crippen molar-refractivity contribution in [2.45, 2.75) is 45.8 Å². The van der Waals surface area contributed by atoms with Gasteiger partial charge in [-0.1, -0.05) is 70.9 Å². The molecule has 164 valence electrons. The lowest BCUT2D eigenvalue weighted by molar-refractivity contribution is -0.136. The van der Waals surface area contributed by atoms with Crippen LogP contribution in [-0.4, -0.2) is 16.8 Å². The molecule has 1 aliphatic heterocycles. The molecule has 32 heavy (non-hydrogen) atoms. The topological polar surface area (TPSA) is 57.6 Å². The second-order valence-electron chi connectivity index (χ2n) is 8.49. The molecule has 0 saturated heterocycles. The third kappa shape index (κ3) is 4.03. The van der Waals surface area contributed by atoms with Crippen LogP contribution in [-0.2, 0) is 23.4 Å². The Hall–Kier alpha value is -2.76. The summed E-state index contributed by atoms with van der Waals surface area (Å²) in [5.74, 6) is -0.729. The normalized spacial score (nSPS) is 17.5. The highest BCUT2D eigenvalue weighted by molar-refractivity contribution is 9.10. The van der Waals surface area contributed by atoms with Gasteiger partial charge in [-0.3, -0.25) is 9.59 Å². The molecule has 3 aromatic rings. The van der Waals surface area contributed by atoms with Gasteiger partial charge >= 0.3 is 0 Å². The van der Waals surface area contributed by atoms with Gasteiger partial charge in [-0.25, -0.2) is 0 Å². The maximum atomic E-state index is 13.6. The molecule has 0 aliphatic carbocycles. The standard InChI is InChI=1S/C27H26BrNO3/c1-4-19-7-9-20(10-8-19)25(30)15-27(32)23-14-22(28)11-12-24(23)29(26(27)31)16-21-13-17(2)5-6-18(21)3/h5-14,32H,4,15-16H2,1-3H3/t27-/m1/s1. The van der Waals surface area contributed by atoms with Crippen LogP contribution in [0.15, 0.2) is 65.1 Å². The summed E-state index contributed by atoms with van der Waals surface area (Å²) < 4.78 is 0.746. The van der Waals surface area contributed by atoms with Crippen molar-refractivity contribution >= 4 is 33.3 Å². The number of aliphatic hydroxyl groups is 1. The van der Waals surface area contributed by atoms with Crippen LogP contribution in [0.2, 0.25) is 0 Å². The maximum Gasteiger partial charge on any atom is 0.264 e. The highest BCUT2D eigenvalue weighted by Crippen LogP contribution is 2.45. The zero-order valence-corrected chi connectivity index (χ0v) is 20.1. The van der Waals surface area contributed by atoms with Crippen LogP contribution in [0, 0.1) is 13.8 Å². The van der Waals surface area contributed by atoms with Crippen molar-refractivity contribution in [1.29, 1.82) is 0 Å². The fourth-order valence-corrected chi connectivity index (χ4v) is 4.61. The Balaban J connectivity index is 1.70. The fraction of sp³-hybridized carbons (Fsp3) is 0.259. The zero-order chi connectivity index (χ0) is 23.0. The van der Waals surface area contributed by atoms with Gasteiger partial charge in [0.05, 0.1) is 18.7 Å². The Bertz CT molecular complexity index is 1200. The average Bonchev–Trinajstić information content (AvgIpc) is 2.97. The van der Waals surface area contributed by atoms with Crippen molar-refractivity contribution in [2.75, 3.05) is 4.90 Å². The highest BCUT2D eigenvalue weighted by atomic mass is 79.9. The second-order valence-corrected chi connectivity index (χ2v) is 9.41. The number of carbonyl (C=O) groups is 2. The number of amides is 1. The number of rotatable bonds is 6. The molecule has 0 radical (unpaired) electrons. The van der Waals surface area contributed by atoms with E-state index in [9.17, 15) is 14.7 Å². The number of Topliss-reactive ketones (excluding diaryl/α,β-unsaturated/α-hetero) is 1. The first-order valence-corrected chi connectivity index (χ1v) is 11.5. The number of hydrogen-bond donors (Lipinski definition) is 1. The van der Waals surface area contributed by atoms with E-state index in [1.165, 1.54) is 0 Å². The number of hydrogen-bond acceptors (Lipinski definition) is 3. The van der Waals surface area contributed by atoms with Gasteiger partial charge in [0.25, 0.3) is 5.91 Å². The van der Waals surface area contributed by atoms with Crippen LogP contribution in [0.4, 0.5) is 5.69 Å². The molecule has 3 aromatic carbocycles. The number of aryl methyl sites for hydroxylation is 3. The summed E-state index contributed by atoms with van der Waals surface area (Å²) in [6, 6.07) is 18.9. The Kier molecular flexibility index (Phi) is 6.06. The smallest absolute Gasteiger partial charge is 0.264 e.